The van der Waals surface area contributed by atoms with Gasteiger partial charge in [0.15, 0.2) is 0 Å². The Morgan fingerprint density at radius 1 is 1.44 bits per heavy atom. The Hall–Kier alpha value is -0.120. The van der Waals surface area contributed by atoms with Gasteiger partial charge in [-0.2, -0.15) is 0 Å². The maximum Gasteiger partial charge on any atom is 0.0667 e. The smallest absolute Gasteiger partial charge is 0.0667 e. The van der Waals surface area contributed by atoms with Crippen LogP contribution in [0.3, 0.4) is 0 Å². The molecule has 1 aliphatic heterocycles. The monoisotopic (exact) mass is 226 g/mol. The lowest BCUT2D eigenvalue weighted by molar-refractivity contribution is 0.130. The minimum absolute atomic E-state index is 0.152. The molecule has 2 atom stereocenters. The third kappa shape index (κ3) is 3.44. The first-order chi connectivity index (χ1) is 7.68. The maximum atomic E-state index is 10.0. The van der Waals surface area contributed by atoms with Crippen LogP contribution >= 0.6 is 0 Å². The van der Waals surface area contributed by atoms with Gasteiger partial charge in [-0.3, -0.25) is 0 Å². The molecule has 0 aromatic carbocycles. The van der Waals surface area contributed by atoms with Gasteiger partial charge in [-0.1, -0.05) is 25.7 Å². The van der Waals surface area contributed by atoms with E-state index in [1.807, 2.05) is 0 Å². The molecule has 3 nitrogen and oxygen atoms in total. The second kappa shape index (κ2) is 5.48. The molecule has 16 heavy (non-hydrogen) atoms. The third-order valence-corrected chi connectivity index (χ3v) is 4.21. The van der Waals surface area contributed by atoms with E-state index in [1.165, 1.54) is 32.1 Å². The van der Waals surface area contributed by atoms with Gasteiger partial charge in [0, 0.05) is 18.6 Å². The van der Waals surface area contributed by atoms with Crippen LogP contribution in [0.4, 0.5) is 0 Å². The number of rotatable bonds is 5. The van der Waals surface area contributed by atoms with E-state index in [0.29, 0.717) is 0 Å². The zero-order chi connectivity index (χ0) is 11.4. The summed E-state index contributed by atoms with van der Waals surface area (Å²) in [6.07, 6.45) is 7.41. The van der Waals surface area contributed by atoms with E-state index in [2.05, 4.69) is 17.6 Å². The van der Waals surface area contributed by atoms with E-state index in [0.717, 1.165) is 32.0 Å². The molecule has 0 radical (unpaired) electrons. The average molecular weight is 226 g/mol. The standard InChI is InChI=1S/C13H26N2O/c1-13(6-7-14-10-13)15-9-12(16)8-11-4-2-3-5-11/h11-12,14-16H,2-10H2,1H3. The van der Waals surface area contributed by atoms with E-state index >= 15 is 0 Å². The molecule has 0 bridgehead atoms. The van der Waals surface area contributed by atoms with Crippen LogP contribution in [-0.2, 0) is 0 Å². The molecule has 3 heteroatoms. The van der Waals surface area contributed by atoms with Gasteiger partial charge < -0.3 is 15.7 Å². The predicted octanol–water partition coefficient (Wildman–Crippen LogP) is 1.27. The largest absolute Gasteiger partial charge is 0.392 e. The minimum atomic E-state index is -0.152. The number of hydrogen-bond donors (Lipinski definition) is 3. The normalized spacial score (nSPS) is 33.4. The van der Waals surface area contributed by atoms with Crippen molar-refractivity contribution in [3.05, 3.63) is 0 Å². The minimum Gasteiger partial charge on any atom is -0.392 e. The SMILES string of the molecule is CC1(NCC(O)CC2CCCC2)CCNC1. The molecule has 2 aliphatic rings. The number of nitrogens with one attached hydrogen (secondary N) is 2. The van der Waals surface area contributed by atoms with Gasteiger partial charge >= 0.3 is 0 Å². The van der Waals surface area contributed by atoms with E-state index in [1.54, 1.807) is 0 Å². The molecule has 3 N–H and O–H groups in total. The average Bonchev–Trinajstić information content (AvgIpc) is 2.88. The van der Waals surface area contributed by atoms with E-state index in [9.17, 15) is 5.11 Å². The van der Waals surface area contributed by atoms with Crippen LogP contribution in [0.5, 0.6) is 0 Å². The van der Waals surface area contributed by atoms with Crippen molar-refractivity contribution in [2.45, 2.75) is 57.1 Å². The molecule has 1 saturated carbocycles. The topological polar surface area (TPSA) is 44.3 Å². The molecular formula is C13H26N2O. The van der Waals surface area contributed by atoms with Crippen molar-refractivity contribution in [2.75, 3.05) is 19.6 Å². The summed E-state index contributed by atoms with van der Waals surface area (Å²) in [5, 5.41) is 16.9. The summed E-state index contributed by atoms with van der Waals surface area (Å²) in [6, 6.07) is 0. The van der Waals surface area contributed by atoms with Crippen molar-refractivity contribution in [3.8, 4) is 0 Å². The summed E-state index contributed by atoms with van der Waals surface area (Å²) < 4.78 is 0. The summed E-state index contributed by atoms with van der Waals surface area (Å²) in [5.41, 5.74) is 0.205. The molecule has 0 aromatic heterocycles. The van der Waals surface area contributed by atoms with E-state index in [4.69, 9.17) is 0 Å². The van der Waals surface area contributed by atoms with Crippen molar-refractivity contribution in [2.24, 2.45) is 5.92 Å². The maximum absolute atomic E-state index is 10.0. The van der Waals surface area contributed by atoms with Crippen LogP contribution in [0.15, 0.2) is 0 Å². The van der Waals surface area contributed by atoms with Crippen LogP contribution in [0.25, 0.3) is 0 Å². The first kappa shape index (κ1) is 12.3. The number of aliphatic hydroxyl groups excluding tert-OH is 1. The molecule has 1 heterocycles. The summed E-state index contributed by atoms with van der Waals surface area (Å²) >= 11 is 0. The number of aliphatic hydroxyl groups is 1. The van der Waals surface area contributed by atoms with Gasteiger partial charge in [-0.15, -0.1) is 0 Å². The molecule has 2 fully saturated rings. The van der Waals surface area contributed by atoms with Crippen molar-refractivity contribution < 1.29 is 5.11 Å². The molecular weight excluding hydrogens is 200 g/mol. The van der Waals surface area contributed by atoms with Crippen molar-refractivity contribution in [1.82, 2.24) is 10.6 Å². The lowest BCUT2D eigenvalue weighted by atomic mass is 9.98. The summed E-state index contributed by atoms with van der Waals surface area (Å²) in [4.78, 5) is 0. The highest BCUT2D eigenvalue weighted by Crippen LogP contribution is 2.28. The van der Waals surface area contributed by atoms with Crippen LogP contribution in [-0.4, -0.2) is 36.4 Å². The van der Waals surface area contributed by atoms with Crippen LogP contribution < -0.4 is 10.6 Å². The van der Waals surface area contributed by atoms with Crippen LogP contribution in [0.1, 0.15) is 45.4 Å². The van der Waals surface area contributed by atoms with Gasteiger partial charge in [-0.05, 0) is 32.2 Å². The second-order valence-corrected chi connectivity index (χ2v) is 5.91. The van der Waals surface area contributed by atoms with Gasteiger partial charge in [0.1, 0.15) is 0 Å². The Labute approximate surface area is 99.0 Å². The molecule has 1 saturated heterocycles. The zero-order valence-electron chi connectivity index (χ0n) is 10.5. The second-order valence-electron chi connectivity index (χ2n) is 5.91. The Kier molecular flexibility index (Phi) is 4.22. The Morgan fingerprint density at radius 3 is 2.81 bits per heavy atom. The quantitative estimate of drug-likeness (QED) is 0.661. The van der Waals surface area contributed by atoms with Gasteiger partial charge in [0.25, 0.3) is 0 Å². The fraction of sp³-hybridized carbons (Fsp3) is 1.00. The van der Waals surface area contributed by atoms with E-state index in [-0.39, 0.29) is 11.6 Å². The highest BCUT2D eigenvalue weighted by Gasteiger charge is 2.28. The van der Waals surface area contributed by atoms with Crippen LogP contribution in [0.2, 0.25) is 0 Å². The fourth-order valence-corrected chi connectivity index (χ4v) is 3.05. The van der Waals surface area contributed by atoms with Crippen molar-refractivity contribution >= 4 is 0 Å². The lowest BCUT2D eigenvalue weighted by Crippen LogP contribution is -2.47. The molecule has 2 rings (SSSR count). The predicted molar refractivity (Wildman–Crippen MR) is 66.5 cm³/mol. The molecule has 94 valence electrons. The number of hydrogen-bond acceptors (Lipinski definition) is 3. The van der Waals surface area contributed by atoms with Gasteiger partial charge in [-0.25, -0.2) is 0 Å². The third-order valence-electron chi connectivity index (χ3n) is 4.21. The van der Waals surface area contributed by atoms with Crippen molar-refractivity contribution in [3.63, 3.8) is 0 Å². The molecule has 1 aliphatic carbocycles. The van der Waals surface area contributed by atoms with Gasteiger partial charge in [0.2, 0.25) is 0 Å². The van der Waals surface area contributed by atoms with E-state index < -0.39 is 0 Å². The van der Waals surface area contributed by atoms with Crippen LogP contribution in [0, 0.1) is 5.92 Å². The summed E-state index contributed by atoms with van der Waals surface area (Å²) in [6.45, 7) is 5.13. The molecule has 0 amide bonds. The summed E-state index contributed by atoms with van der Waals surface area (Å²) in [7, 11) is 0. The Morgan fingerprint density at radius 2 is 2.19 bits per heavy atom. The lowest BCUT2D eigenvalue weighted by Gasteiger charge is -2.27. The Balaban J connectivity index is 1.64. The molecule has 0 aromatic rings. The first-order valence-electron chi connectivity index (χ1n) is 6.82. The highest BCUT2D eigenvalue weighted by atomic mass is 16.3. The molecule has 2 unspecified atom stereocenters. The fourth-order valence-electron chi connectivity index (χ4n) is 3.05. The zero-order valence-corrected chi connectivity index (χ0v) is 10.5. The summed E-state index contributed by atoms with van der Waals surface area (Å²) in [5.74, 6) is 0.784. The Bertz CT molecular complexity index is 208. The number of β-amino-alcohol motifs (C(OH)–C–C–N with tert-alkyl or cyclic N) is 1. The van der Waals surface area contributed by atoms with Gasteiger partial charge in [0.05, 0.1) is 6.10 Å². The highest BCUT2D eigenvalue weighted by molar-refractivity contribution is 4.92. The first-order valence-corrected chi connectivity index (χ1v) is 6.82. The molecule has 0 spiro atoms. The van der Waals surface area contributed by atoms with Crippen molar-refractivity contribution in [1.29, 1.82) is 0 Å².